The largest absolute Gasteiger partial charge is 0.490 e. The molecule has 220 valence electrons. The highest BCUT2D eigenvalue weighted by atomic mass is 31.2. The number of rotatable bonds is 6. The van der Waals surface area contributed by atoms with E-state index in [-0.39, 0.29) is 0 Å². The number of alkyl halides is 3. The number of carboxylic acid groups (broad SMARTS) is 1. The second-order valence-electron chi connectivity index (χ2n) is 11.2. The minimum atomic E-state index is -5.08. The number of hydrogen-bond donors (Lipinski definition) is 4. The molecule has 0 unspecified atom stereocenters. The first-order valence-corrected chi connectivity index (χ1v) is 15.6. The molecule has 9 nitrogen and oxygen atoms in total. The van der Waals surface area contributed by atoms with Crippen molar-refractivity contribution in [2.75, 3.05) is 42.0 Å². The van der Waals surface area contributed by atoms with Gasteiger partial charge in [-0.05, 0) is 75.9 Å². The van der Waals surface area contributed by atoms with Crippen LogP contribution in [-0.4, -0.2) is 59.7 Å². The molecule has 2 aliphatic rings. The van der Waals surface area contributed by atoms with Gasteiger partial charge < -0.3 is 30.9 Å². The Morgan fingerprint density at radius 3 is 2.29 bits per heavy atom. The van der Waals surface area contributed by atoms with Gasteiger partial charge in [0.15, 0.2) is 0 Å². The van der Waals surface area contributed by atoms with Gasteiger partial charge in [0.05, 0.1) is 5.69 Å². The molecule has 2 aromatic carbocycles. The number of aromatic nitrogens is 2. The zero-order valence-corrected chi connectivity index (χ0v) is 24.2. The molecule has 1 saturated heterocycles. The van der Waals surface area contributed by atoms with E-state index in [0.717, 1.165) is 48.2 Å². The molecule has 41 heavy (non-hydrogen) atoms. The second kappa shape index (κ2) is 11.3. The van der Waals surface area contributed by atoms with E-state index >= 15 is 0 Å². The van der Waals surface area contributed by atoms with Gasteiger partial charge >= 0.3 is 12.1 Å². The summed E-state index contributed by atoms with van der Waals surface area (Å²) < 4.78 is 44.5. The standard InChI is InChI=1S/C26H33N6OP.C2HF3O2/c1-17-11-20(9-10-22(17)32-15-26(16-32)12-19(27)13-26)29-25-28-14-18(2)24(31-25)30-21-7-5-6-8-23(21)34(3,4)33;3-2(4,5)1(6)7/h5-11,14,19H,12-13,15-16,27H2,1-4H3,(H2,28,29,30,31);(H,6,7). The van der Waals surface area contributed by atoms with Crippen LogP contribution >= 0.6 is 7.14 Å². The summed E-state index contributed by atoms with van der Waals surface area (Å²) in [7, 11) is -2.43. The molecular formula is C28H34F3N6O3P. The average Bonchev–Trinajstić information content (AvgIpc) is 2.83. The van der Waals surface area contributed by atoms with Crippen LogP contribution in [-0.2, 0) is 9.36 Å². The van der Waals surface area contributed by atoms with Crippen molar-refractivity contribution in [3.63, 3.8) is 0 Å². The lowest BCUT2D eigenvalue weighted by molar-refractivity contribution is -0.192. The molecule has 1 aliphatic carbocycles. The van der Waals surface area contributed by atoms with Crippen LogP contribution in [0.1, 0.15) is 24.0 Å². The number of para-hydroxylation sites is 1. The monoisotopic (exact) mass is 590 g/mol. The third-order valence-electron chi connectivity index (χ3n) is 7.19. The van der Waals surface area contributed by atoms with Gasteiger partial charge in [-0.1, -0.05) is 12.1 Å². The Bertz CT molecular complexity index is 1480. The van der Waals surface area contributed by atoms with Crippen molar-refractivity contribution in [1.82, 2.24) is 9.97 Å². The number of aliphatic carboxylic acids is 1. The lowest BCUT2D eigenvalue weighted by Gasteiger charge is -2.59. The fourth-order valence-corrected chi connectivity index (χ4v) is 6.42. The van der Waals surface area contributed by atoms with E-state index < -0.39 is 19.3 Å². The van der Waals surface area contributed by atoms with Crippen molar-refractivity contribution < 1.29 is 27.6 Å². The molecular weight excluding hydrogens is 556 g/mol. The van der Waals surface area contributed by atoms with Crippen molar-refractivity contribution in [3.8, 4) is 0 Å². The highest BCUT2D eigenvalue weighted by molar-refractivity contribution is 7.70. The van der Waals surface area contributed by atoms with E-state index in [1.807, 2.05) is 31.2 Å². The maximum absolute atomic E-state index is 12.7. The van der Waals surface area contributed by atoms with Crippen LogP contribution in [0.4, 0.5) is 42.0 Å². The Balaban J connectivity index is 0.000000493. The van der Waals surface area contributed by atoms with Crippen molar-refractivity contribution in [1.29, 1.82) is 0 Å². The van der Waals surface area contributed by atoms with Crippen LogP contribution in [0.15, 0.2) is 48.7 Å². The van der Waals surface area contributed by atoms with Crippen LogP contribution in [0.2, 0.25) is 0 Å². The molecule has 0 bridgehead atoms. The average molecular weight is 591 g/mol. The predicted octanol–water partition coefficient (Wildman–Crippen LogP) is 5.39. The molecule has 1 aliphatic heterocycles. The molecule has 0 atom stereocenters. The van der Waals surface area contributed by atoms with E-state index in [1.54, 1.807) is 19.5 Å². The fourth-order valence-electron chi connectivity index (χ4n) is 5.27. The first-order valence-electron chi connectivity index (χ1n) is 13.0. The molecule has 13 heteroatoms. The summed E-state index contributed by atoms with van der Waals surface area (Å²) in [4.78, 5) is 20.5. The zero-order valence-electron chi connectivity index (χ0n) is 23.3. The number of hydrogen-bond acceptors (Lipinski definition) is 8. The van der Waals surface area contributed by atoms with Gasteiger partial charge in [-0.25, -0.2) is 9.78 Å². The molecule has 5 N–H and O–H groups in total. The van der Waals surface area contributed by atoms with Crippen molar-refractivity contribution in [3.05, 3.63) is 59.8 Å². The summed E-state index contributed by atoms with van der Waals surface area (Å²) >= 11 is 0. The Kier molecular flexibility index (Phi) is 8.38. The summed E-state index contributed by atoms with van der Waals surface area (Å²) in [5.41, 5.74) is 11.6. The molecule has 1 aromatic heterocycles. The summed E-state index contributed by atoms with van der Waals surface area (Å²) in [6, 6.07) is 14.5. The molecule has 1 spiro atoms. The molecule has 0 radical (unpaired) electrons. The van der Waals surface area contributed by atoms with Crippen LogP contribution in [0, 0.1) is 19.3 Å². The number of halogens is 3. The van der Waals surface area contributed by atoms with Gasteiger partial charge in [-0.3, -0.25) is 0 Å². The lowest BCUT2D eigenvalue weighted by atomic mass is 9.61. The summed E-state index contributed by atoms with van der Waals surface area (Å²) in [5.74, 6) is -1.55. The van der Waals surface area contributed by atoms with Crippen molar-refractivity contribution in [2.45, 2.75) is 38.9 Å². The fraction of sp³-hybridized carbons (Fsp3) is 0.393. The second-order valence-corrected chi connectivity index (χ2v) is 14.4. The number of aryl methyl sites for hydroxylation is 2. The minimum Gasteiger partial charge on any atom is -0.475 e. The number of carboxylic acids is 1. The predicted molar refractivity (Wildman–Crippen MR) is 156 cm³/mol. The summed E-state index contributed by atoms with van der Waals surface area (Å²) in [5, 5.41) is 14.6. The van der Waals surface area contributed by atoms with Crippen molar-refractivity contribution in [2.24, 2.45) is 11.1 Å². The Morgan fingerprint density at radius 2 is 1.73 bits per heavy atom. The SMILES string of the molecule is Cc1cc(Nc2ncc(C)c(Nc3ccccc3P(C)(C)=O)n2)ccc1N1CC2(CC(N)C2)C1.O=C(O)C(F)(F)F. The number of nitrogens with two attached hydrogens (primary N) is 1. The van der Waals surface area contributed by atoms with Gasteiger partial charge in [0.1, 0.15) is 13.0 Å². The highest BCUT2D eigenvalue weighted by Crippen LogP contribution is 2.49. The molecule has 3 aromatic rings. The molecule has 0 amide bonds. The molecule has 5 rings (SSSR count). The number of nitrogens with zero attached hydrogens (tertiary/aromatic N) is 3. The number of benzene rings is 2. The van der Waals surface area contributed by atoms with Gasteiger partial charge in [-0.15, -0.1) is 0 Å². The Morgan fingerprint density at radius 1 is 1.10 bits per heavy atom. The molecule has 1 saturated carbocycles. The third-order valence-corrected chi connectivity index (χ3v) is 8.74. The van der Waals surface area contributed by atoms with E-state index in [9.17, 15) is 17.7 Å². The van der Waals surface area contributed by atoms with E-state index in [0.29, 0.717) is 23.2 Å². The van der Waals surface area contributed by atoms with Gasteiger partial charge in [0, 0.05) is 53.0 Å². The first-order chi connectivity index (χ1) is 19.1. The minimum absolute atomic E-state index is 0.394. The molecule has 2 fully saturated rings. The zero-order chi connectivity index (χ0) is 30.2. The van der Waals surface area contributed by atoms with Crippen LogP contribution in [0.3, 0.4) is 0 Å². The number of anilines is 5. The number of nitrogens with one attached hydrogen (secondary N) is 2. The Labute approximate surface area is 236 Å². The van der Waals surface area contributed by atoms with Crippen molar-refractivity contribution >= 4 is 47.2 Å². The van der Waals surface area contributed by atoms with Crippen LogP contribution < -0.4 is 26.6 Å². The quantitative estimate of drug-likeness (QED) is 0.279. The molecule has 2 heterocycles. The van der Waals surface area contributed by atoms with Gasteiger partial charge in [0.2, 0.25) is 5.95 Å². The normalized spacial score (nSPS) is 16.2. The van der Waals surface area contributed by atoms with Gasteiger partial charge in [-0.2, -0.15) is 18.2 Å². The highest BCUT2D eigenvalue weighted by Gasteiger charge is 2.51. The third kappa shape index (κ3) is 7.18. The Hall–Kier alpha value is -3.63. The van der Waals surface area contributed by atoms with E-state index in [4.69, 9.17) is 20.6 Å². The summed E-state index contributed by atoms with van der Waals surface area (Å²) in [6.07, 6.45) is -0.981. The lowest BCUT2D eigenvalue weighted by Crippen LogP contribution is -2.65. The smallest absolute Gasteiger partial charge is 0.475 e. The summed E-state index contributed by atoms with van der Waals surface area (Å²) in [6.45, 7) is 9.87. The maximum atomic E-state index is 12.7. The van der Waals surface area contributed by atoms with E-state index in [1.165, 1.54) is 11.3 Å². The van der Waals surface area contributed by atoms with Crippen LogP contribution in [0.5, 0.6) is 0 Å². The maximum Gasteiger partial charge on any atom is 0.490 e. The van der Waals surface area contributed by atoms with E-state index in [2.05, 4.69) is 45.6 Å². The first kappa shape index (κ1) is 30.3. The van der Waals surface area contributed by atoms with Crippen LogP contribution in [0.25, 0.3) is 0 Å². The topological polar surface area (TPSA) is 133 Å². The van der Waals surface area contributed by atoms with Gasteiger partial charge in [0.25, 0.3) is 0 Å². The number of carbonyl (C=O) groups is 1.